The van der Waals surface area contributed by atoms with E-state index in [-0.39, 0.29) is 6.04 Å². The molecule has 4 nitrogen and oxygen atoms in total. The number of halogens is 1. The maximum atomic E-state index is 12.8. The maximum absolute atomic E-state index is 12.8. The molecule has 20 heavy (non-hydrogen) atoms. The third kappa shape index (κ3) is 4.09. The second kappa shape index (κ2) is 6.95. The lowest BCUT2D eigenvalue weighted by Gasteiger charge is -2.34. The van der Waals surface area contributed by atoms with Crippen LogP contribution in [0.3, 0.4) is 0 Å². The molecule has 0 aromatic rings. The van der Waals surface area contributed by atoms with Gasteiger partial charge in [-0.2, -0.15) is 17.0 Å². The minimum Gasteiger partial charge on any atom is -0.195 e. The lowest BCUT2D eigenvalue weighted by molar-refractivity contribution is 0.260. The summed E-state index contributed by atoms with van der Waals surface area (Å²) in [6.45, 7) is 6.21. The molecule has 0 aromatic carbocycles. The molecule has 0 radical (unpaired) electrons. The highest BCUT2D eigenvalue weighted by Crippen LogP contribution is 2.32. The summed E-state index contributed by atoms with van der Waals surface area (Å²) in [5.74, 6) is 1.66. The number of hydrogen-bond acceptors (Lipinski definition) is 2. The Morgan fingerprint density at radius 3 is 2.25 bits per heavy atom. The molecule has 0 aromatic heterocycles. The molecule has 2 fully saturated rings. The van der Waals surface area contributed by atoms with Crippen molar-refractivity contribution in [1.82, 2.24) is 8.61 Å². The van der Waals surface area contributed by atoms with Crippen molar-refractivity contribution in [2.45, 2.75) is 52.0 Å². The molecule has 2 aliphatic rings. The van der Waals surface area contributed by atoms with E-state index in [4.69, 9.17) is 11.6 Å². The van der Waals surface area contributed by atoms with E-state index >= 15 is 0 Å². The Hall–Kier alpha value is 0.160. The molecule has 1 saturated carbocycles. The number of hydrogen-bond donors (Lipinski definition) is 0. The van der Waals surface area contributed by atoms with E-state index in [1.807, 2.05) is 0 Å². The minimum absolute atomic E-state index is 0.254. The molecule has 0 bridgehead atoms. The predicted molar refractivity (Wildman–Crippen MR) is 83.1 cm³/mol. The van der Waals surface area contributed by atoms with Crippen LogP contribution in [0.1, 0.15) is 46.0 Å². The molecule has 0 unspecified atom stereocenters. The average molecular weight is 323 g/mol. The van der Waals surface area contributed by atoms with Crippen molar-refractivity contribution < 1.29 is 8.42 Å². The quantitative estimate of drug-likeness (QED) is 0.676. The van der Waals surface area contributed by atoms with Gasteiger partial charge in [0, 0.05) is 31.6 Å². The first-order chi connectivity index (χ1) is 9.45. The summed E-state index contributed by atoms with van der Waals surface area (Å²) in [4.78, 5) is 0. The number of piperidine rings is 1. The monoisotopic (exact) mass is 322 g/mol. The van der Waals surface area contributed by atoms with Crippen LogP contribution < -0.4 is 0 Å². The molecule has 118 valence electrons. The largest absolute Gasteiger partial charge is 0.282 e. The van der Waals surface area contributed by atoms with E-state index in [9.17, 15) is 8.42 Å². The Morgan fingerprint density at radius 2 is 1.80 bits per heavy atom. The Kier molecular flexibility index (Phi) is 5.74. The molecule has 0 spiro atoms. The van der Waals surface area contributed by atoms with Crippen molar-refractivity contribution >= 4 is 21.8 Å². The van der Waals surface area contributed by atoms with Crippen LogP contribution in [0.25, 0.3) is 0 Å². The van der Waals surface area contributed by atoms with Gasteiger partial charge in [-0.25, -0.2) is 0 Å². The maximum Gasteiger partial charge on any atom is 0.282 e. The van der Waals surface area contributed by atoms with Crippen molar-refractivity contribution in [2.24, 2.45) is 11.8 Å². The predicted octanol–water partition coefficient (Wildman–Crippen LogP) is 2.69. The standard InChI is InChI=1S/C14H27ClN2O2S/c1-12(2)5-10-17(14-3-4-14)20(18,19)16-8-6-13(11-15)7-9-16/h12-14H,3-11H2,1-2H3. The van der Waals surface area contributed by atoms with Gasteiger partial charge in [-0.3, -0.25) is 0 Å². The summed E-state index contributed by atoms with van der Waals surface area (Å²) in [7, 11) is -3.26. The molecule has 1 heterocycles. The molecule has 1 aliphatic carbocycles. The number of rotatable bonds is 7. The zero-order valence-corrected chi connectivity index (χ0v) is 14.2. The Bertz CT molecular complexity index is 401. The van der Waals surface area contributed by atoms with Crippen LogP contribution in [0.15, 0.2) is 0 Å². The van der Waals surface area contributed by atoms with Crippen LogP contribution in [0.4, 0.5) is 0 Å². The first-order valence-electron chi connectivity index (χ1n) is 7.78. The molecular weight excluding hydrogens is 296 g/mol. The summed E-state index contributed by atoms with van der Waals surface area (Å²) in [6, 6.07) is 0.254. The van der Waals surface area contributed by atoms with Crippen molar-refractivity contribution in [1.29, 1.82) is 0 Å². The molecule has 6 heteroatoms. The van der Waals surface area contributed by atoms with Gasteiger partial charge in [0.25, 0.3) is 10.2 Å². The summed E-state index contributed by atoms with van der Waals surface area (Å²) < 4.78 is 29.0. The Labute approximate surface area is 128 Å². The fraction of sp³-hybridized carbons (Fsp3) is 1.00. The third-order valence-electron chi connectivity index (χ3n) is 4.30. The SMILES string of the molecule is CC(C)CCN(C1CC1)S(=O)(=O)N1CCC(CCl)CC1. The van der Waals surface area contributed by atoms with Crippen LogP contribution in [0.2, 0.25) is 0 Å². The van der Waals surface area contributed by atoms with Crippen LogP contribution in [0, 0.1) is 11.8 Å². The molecule has 2 rings (SSSR count). The van der Waals surface area contributed by atoms with E-state index in [2.05, 4.69) is 13.8 Å². The van der Waals surface area contributed by atoms with Crippen LogP contribution in [-0.4, -0.2) is 48.6 Å². The fourth-order valence-electron chi connectivity index (χ4n) is 2.68. The lowest BCUT2D eigenvalue weighted by atomic mass is 10.0. The van der Waals surface area contributed by atoms with Crippen LogP contribution in [-0.2, 0) is 10.2 Å². The van der Waals surface area contributed by atoms with Gasteiger partial charge in [0.2, 0.25) is 0 Å². The Balaban J connectivity index is 1.99. The van der Waals surface area contributed by atoms with Crippen molar-refractivity contribution in [3.05, 3.63) is 0 Å². The third-order valence-corrected chi connectivity index (χ3v) is 6.82. The second-order valence-corrected chi connectivity index (χ2v) is 8.72. The minimum atomic E-state index is -3.26. The Morgan fingerprint density at radius 1 is 1.20 bits per heavy atom. The van der Waals surface area contributed by atoms with Crippen molar-refractivity contribution in [3.8, 4) is 0 Å². The molecule has 0 amide bonds. The summed E-state index contributed by atoms with van der Waals surface area (Å²) in [5.41, 5.74) is 0. The zero-order valence-electron chi connectivity index (χ0n) is 12.6. The fourth-order valence-corrected chi connectivity index (χ4v) is 4.88. The van der Waals surface area contributed by atoms with E-state index in [1.165, 1.54) is 0 Å². The van der Waals surface area contributed by atoms with Crippen molar-refractivity contribution in [2.75, 3.05) is 25.5 Å². The van der Waals surface area contributed by atoms with E-state index in [0.29, 0.717) is 37.4 Å². The van der Waals surface area contributed by atoms with Gasteiger partial charge in [-0.15, -0.1) is 11.6 Å². The lowest BCUT2D eigenvalue weighted by Crippen LogP contribution is -2.48. The second-order valence-electron chi connectivity index (χ2n) is 6.53. The van der Waals surface area contributed by atoms with Gasteiger partial charge in [-0.05, 0) is 43.9 Å². The van der Waals surface area contributed by atoms with Gasteiger partial charge >= 0.3 is 0 Å². The smallest absolute Gasteiger partial charge is 0.195 e. The highest BCUT2D eigenvalue weighted by atomic mass is 35.5. The highest BCUT2D eigenvalue weighted by molar-refractivity contribution is 7.86. The van der Waals surface area contributed by atoms with E-state index in [0.717, 1.165) is 32.1 Å². The highest BCUT2D eigenvalue weighted by Gasteiger charge is 2.40. The van der Waals surface area contributed by atoms with Gasteiger partial charge in [0.15, 0.2) is 0 Å². The summed E-state index contributed by atoms with van der Waals surface area (Å²) in [6.07, 6.45) is 4.77. The number of nitrogens with zero attached hydrogens (tertiary/aromatic N) is 2. The molecule has 0 atom stereocenters. The molecule has 1 aliphatic heterocycles. The summed E-state index contributed by atoms with van der Waals surface area (Å²) >= 11 is 5.87. The van der Waals surface area contributed by atoms with Crippen LogP contribution in [0.5, 0.6) is 0 Å². The van der Waals surface area contributed by atoms with Crippen molar-refractivity contribution in [3.63, 3.8) is 0 Å². The molecule has 0 N–H and O–H groups in total. The molecule has 1 saturated heterocycles. The van der Waals surface area contributed by atoms with Gasteiger partial charge in [0.05, 0.1) is 0 Å². The number of alkyl halides is 1. The van der Waals surface area contributed by atoms with E-state index < -0.39 is 10.2 Å². The van der Waals surface area contributed by atoms with E-state index in [1.54, 1.807) is 8.61 Å². The average Bonchev–Trinajstić information content (AvgIpc) is 3.23. The van der Waals surface area contributed by atoms with Gasteiger partial charge in [-0.1, -0.05) is 13.8 Å². The summed E-state index contributed by atoms with van der Waals surface area (Å²) in [5, 5.41) is 0. The normalized spacial score (nSPS) is 22.9. The zero-order chi connectivity index (χ0) is 14.8. The van der Waals surface area contributed by atoms with Crippen LogP contribution >= 0.6 is 11.6 Å². The topological polar surface area (TPSA) is 40.6 Å². The molecular formula is C14H27ClN2O2S. The van der Waals surface area contributed by atoms with Gasteiger partial charge in [0.1, 0.15) is 0 Å². The first-order valence-corrected chi connectivity index (χ1v) is 9.71. The first kappa shape index (κ1) is 16.5. The van der Waals surface area contributed by atoms with Gasteiger partial charge < -0.3 is 0 Å².